The van der Waals surface area contributed by atoms with Gasteiger partial charge in [-0.25, -0.2) is 14.4 Å². The first kappa shape index (κ1) is 20.8. The zero-order valence-electron chi connectivity index (χ0n) is 18.6. The number of hydrogen-bond donors (Lipinski definition) is 1. The molecule has 4 atom stereocenters. The van der Waals surface area contributed by atoms with Crippen molar-refractivity contribution in [2.24, 2.45) is 10.8 Å². The van der Waals surface area contributed by atoms with Gasteiger partial charge in [0.2, 0.25) is 0 Å². The molecule has 0 spiro atoms. The summed E-state index contributed by atoms with van der Waals surface area (Å²) in [5.41, 5.74) is -0.0410. The van der Waals surface area contributed by atoms with Crippen molar-refractivity contribution in [3.05, 3.63) is 47.4 Å². The minimum Gasteiger partial charge on any atom is -0.351 e. The molecule has 3 aromatic heterocycles. The summed E-state index contributed by atoms with van der Waals surface area (Å²) in [6.07, 6.45) is 12.1. The number of hydrogen-bond acceptors (Lipinski definition) is 6. The number of fused-ring (bicyclic) bond motifs is 2. The van der Waals surface area contributed by atoms with E-state index in [1.54, 1.807) is 35.7 Å². The molecule has 0 aromatic carbocycles. The maximum atomic E-state index is 15.6. The topological polar surface area (TPSA) is 92.6 Å². The molecule has 2 aliphatic carbocycles. The van der Waals surface area contributed by atoms with Gasteiger partial charge in [0, 0.05) is 37.1 Å². The van der Waals surface area contributed by atoms with Crippen LogP contribution < -0.4 is 10.3 Å². The molecule has 2 bridgehead atoms. The van der Waals surface area contributed by atoms with Crippen molar-refractivity contribution in [3.63, 3.8) is 0 Å². The quantitative estimate of drug-likeness (QED) is 0.671. The van der Waals surface area contributed by atoms with Crippen molar-refractivity contribution in [2.45, 2.75) is 58.2 Å². The molecule has 2 saturated carbocycles. The van der Waals surface area contributed by atoms with Crippen molar-refractivity contribution >= 4 is 5.82 Å². The Hall–Kier alpha value is -3.10. The minimum atomic E-state index is -0.930. The summed E-state index contributed by atoms with van der Waals surface area (Å²) in [6, 6.07) is 1.20. The lowest BCUT2D eigenvalue weighted by Gasteiger charge is -2.55. The minimum absolute atomic E-state index is 0.152. The lowest BCUT2D eigenvalue weighted by molar-refractivity contribution is -0.0540. The molecule has 32 heavy (non-hydrogen) atoms. The van der Waals surface area contributed by atoms with Crippen LogP contribution in [-0.2, 0) is 0 Å². The summed E-state index contributed by atoms with van der Waals surface area (Å²) < 4.78 is 17.3. The molecule has 1 N–H and O–H groups in total. The largest absolute Gasteiger partial charge is 0.351 e. The average Bonchev–Trinajstić information content (AvgIpc) is 3.31. The summed E-state index contributed by atoms with van der Waals surface area (Å²) in [4.78, 5) is 25.9. The third-order valence-electron chi connectivity index (χ3n) is 7.39. The Morgan fingerprint density at radius 2 is 2.12 bits per heavy atom. The first-order chi connectivity index (χ1) is 15.3. The summed E-state index contributed by atoms with van der Waals surface area (Å²) in [5.74, 6) is 1.34. The van der Waals surface area contributed by atoms with Crippen LogP contribution in [0, 0.1) is 10.8 Å². The molecule has 168 valence electrons. The van der Waals surface area contributed by atoms with Gasteiger partial charge in [-0.2, -0.15) is 0 Å². The number of anilines is 1. The van der Waals surface area contributed by atoms with Gasteiger partial charge in [0.25, 0.3) is 0 Å². The molecule has 8 nitrogen and oxygen atoms in total. The van der Waals surface area contributed by atoms with E-state index >= 15 is 4.39 Å². The van der Waals surface area contributed by atoms with Gasteiger partial charge in [0.1, 0.15) is 18.3 Å². The number of imidazole rings is 1. The molecule has 0 amide bonds. The highest BCUT2D eigenvalue weighted by atomic mass is 19.1. The van der Waals surface area contributed by atoms with Crippen LogP contribution in [0.2, 0.25) is 0 Å². The van der Waals surface area contributed by atoms with Crippen LogP contribution in [0.3, 0.4) is 0 Å². The second-order valence-electron chi connectivity index (χ2n) is 9.99. The normalized spacial score (nSPS) is 29.6. The Kier molecular flexibility index (Phi) is 4.87. The number of H-pyrrole nitrogens is 1. The predicted molar refractivity (Wildman–Crippen MR) is 119 cm³/mol. The lowest BCUT2D eigenvalue weighted by Crippen LogP contribution is -2.57. The van der Waals surface area contributed by atoms with Gasteiger partial charge in [0.05, 0.1) is 17.8 Å². The number of rotatable bonds is 4. The SMILES string of the molecule is CN(c1cnc(-c2c[nH]c(-n3ccnc3)cc2=O)nn1)[C@@H]1C[C@@]2(C)CCC[C@](C)(C2)[C@H]1F. The van der Waals surface area contributed by atoms with Crippen molar-refractivity contribution in [1.29, 1.82) is 0 Å². The van der Waals surface area contributed by atoms with Gasteiger partial charge < -0.3 is 9.88 Å². The van der Waals surface area contributed by atoms with Gasteiger partial charge in [-0.05, 0) is 31.1 Å². The average molecular weight is 438 g/mol. The Bertz CT molecular complexity index is 1160. The molecule has 9 heteroatoms. The van der Waals surface area contributed by atoms with Gasteiger partial charge >= 0.3 is 0 Å². The maximum Gasteiger partial charge on any atom is 0.194 e. The zero-order valence-corrected chi connectivity index (χ0v) is 18.6. The highest BCUT2D eigenvalue weighted by Gasteiger charge is 2.54. The van der Waals surface area contributed by atoms with Crippen LogP contribution >= 0.6 is 0 Å². The van der Waals surface area contributed by atoms with E-state index in [1.807, 2.05) is 11.9 Å². The number of aromatic nitrogens is 6. The molecule has 5 rings (SSSR count). The molecule has 2 fully saturated rings. The summed E-state index contributed by atoms with van der Waals surface area (Å²) in [5, 5.41) is 8.48. The first-order valence-electron chi connectivity index (χ1n) is 11.1. The Labute approximate surface area is 185 Å². The molecule has 0 unspecified atom stereocenters. The molecular weight excluding hydrogens is 409 g/mol. The second-order valence-corrected chi connectivity index (χ2v) is 9.99. The molecule has 0 aliphatic heterocycles. The summed E-state index contributed by atoms with van der Waals surface area (Å²) >= 11 is 0. The number of nitrogens with zero attached hydrogens (tertiary/aromatic N) is 6. The van der Waals surface area contributed by atoms with Gasteiger partial charge in [-0.1, -0.05) is 20.3 Å². The van der Waals surface area contributed by atoms with Crippen molar-refractivity contribution in [3.8, 4) is 17.2 Å². The molecular formula is C23H28FN7O. The number of pyridine rings is 1. The van der Waals surface area contributed by atoms with Gasteiger partial charge in [-0.15, -0.1) is 10.2 Å². The van der Waals surface area contributed by atoms with Crippen molar-refractivity contribution in [2.75, 3.05) is 11.9 Å². The third kappa shape index (κ3) is 3.49. The molecule has 0 radical (unpaired) electrons. The van der Waals surface area contributed by atoms with E-state index in [-0.39, 0.29) is 28.1 Å². The molecule has 3 aromatic rings. The highest BCUT2D eigenvalue weighted by Crippen LogP contribution is 2.57. The van der Waals surface area contributed by atoms with E-state index in [2.05, 4.69) is 39.0 Å². The van der Waals surface area contributed by atoms with E-state index in [0.717, 1.165) is 32.1 Å². The smallest absolute Gasteiger partial charge is 0.194 e. The highest BCUT2D eigenvalue weighted by molar-refractivity contribution is 5.54. The molecule has 3 heterocycles. The Balaban J connectivity index is 1.38. The zero-order chi connectivity index (χ0) is 22.5. The van der Waals surface area contributed by atoms with E-state index in [0.29, 0.717) is 17.2 Å². The van der Waals surface area contributed by atoms with Crippen LogP contribution in [0.15, 0.2) is 42.0 Å². The van der Waals surface area contributed by atoms with Gasteiger partial charge in [-0.3, -0.25) is 9.36 Å². The second kappa shape index (κ2) is 7.50. The van der Waals surface area contributed by atoms with Crippen LogP contribution in [0.4, 0.5) is 10.2 Å². The standard InChI is InChI=1S/C23H28FN7O/c1-22-5-4-6-23(2,13-22)20(24)16(10-22)30(3)19-12-27-21(29-28-19)15-11-26-18(9-17(15)32)31-8-7-25-14-31/h7-9,11-12,14,16,20H,4-6,10,13H2,1-3H3,(H,26,32)/t16-,20+,22-,23-/m1/s1. The number of halogens is 1. The fourth-order valence-corrected chi connectivity index (χ4v) is 5.80. The van der Waals surface area contributed by atoms with E-state index in [4.69, 9.17) is 0 Å². The van der Waals surface area contributed by atoms with Crippen LogP contribution in [-0.4, -0.2) is 49.0 Å². The summed E-state index contributed by atoms with van der Waals surface area (Å²) in [7, 11) is 1.86. The van der Waals surface area contributed by atoms with Crippen molar-refractivity contribution < 1.29 is 4.39 Å². The maximum absolute atomic E-state index is 15.6. The third-order valence-corrected chi connectivity index (χ3v) is 7.39. The lowest BCUT2D eigenvalue weighted by atomic mass is 9.54. The monoisotopic (exact) mass is 437 g/mol. The van der Waals surface area contributed by atoms with Crippen LogP contribution in [0.25, 0.3) is 17.2 Å². The fraction of sp³-hybridized carbons (Fsp3) is 0.522. The fourth-order valence-electron chi connectivity index (χ4n) is 5.80. The van der Waals surface area contributed by atoms with E-state index in [9.17, 15) is 4.79 Å². The van der Waals surface area contributed by atoms with Gasteiger partial charge in [0.15, 0.2) is 17.1 Å². The van der Waals surface area contributed by atoms with E-state index < -0.39 is 6.17 Å². The number of alkyl halides is 1. The summed E-state index contributed by atoms with van der Waals surface area (Å²) in [6.45, 7) is 4.37. The molecule has 2 aliphatic rings. The Morgan fingerprint density at radius 3 is 2.81 bits per heavy atom. The predicted octanol–water partition coefficient (Wildman–Crippen LogP) is 3.55. The number of nitrogens with one attached hydrogen (secondary N) is 1. The first-order valence-corrected chi connectivity index (χ1v) is 11.1. The Morgan fingerprint density at radius 1 is 1.28 bits per heavy atom. The van der Waals surface area contributed by atoms with Crippen LogP contribution in [0.5, 0.6) is 0 Å². The van der Waals surface area contributed by atoms with Crippen molar-refractivity contribution in [1.82, 2.24) is 29.7 Å². The van der Waals surface area contributed by atoms with E-state index in [1.165, 1.54) is 6.07 Å². The molecule has 0 saturated heterocycles. The van der Waals surface area contributed by atoms with Crippen LogP contribution in [0.1, 0.15) is 46.0 Å². The number of aromatic amines is 1.